The highest BCUT2D eigenvalue weighted by Gasteiger charge is 2.25. The van der Waals surface area contributed by atoms with Gasteiger partial charge in [-0.15, -0.1) is 11.3 Å². The number of benzene rings is 1. The van der Waals surface area contributed by atoms with Crippen LogP contribution in [0, 0.1) is 6.92 Å². The molecule has 3 aromatic heterocycles. The highest BCUT2D eigenvalue weighted by molar-refractivity contribution is 9.10. The number of rotatable bonds is 5. The van der Waals surface area contributed by atoms with Crippen LogP contribution in [0.25, 0.3) is 21.2 Å². The molecule has 4 aromatic rings. The molecule has 1 aliphatic rings. The van der Waals surface area contributed by atoms with Crippen LogP contribution in [-0.4, -0.2) is 27.4 Å². The van der Waals surface area contributed by atoms with Gasteiger partial charge in [0, 0.05) is 9.86 Å². The van der Waals surface area contributed by atoms with Crippen molar-refractivity contribution in [2.24, 2.45) is 0 Å². The minimum Gasteiger partial charge on any atom is -0.458 e. The quantitative estimate of drug-likeness (QED) is 0.245. The molecule has 0 aliphatic heterocycles. The molecule has 1 aromatic carbocycles. The van der Waals surface area contributed by atoms with Gasteiger partial charge >= 0.3 is 5.97 Å². The van der Waals surface area contributed by atoms with Gasteiger partial charge in [0.05, 0.1) is 18.3 Å². The highest BCUT2D eigenvalue weighted by atomic mass is 79.9. The number of furan rings is 1. The SMILES string of the molecule is Cc1c(C(=O)OC2CCCCC2)sc2ncn(CC(=O)c3cc4cc(Br)ccc4o3)c(=O)c12. The number of ether oxygens (including phenoxy) is 1. The van der Waals surface area contributed by atoms with Gasteiger partial charge in [-0.25, -0.2) is 9.78 Å². The number of halogens is 1. The second-order valence-corrected chi connectivity index (χ2v) is 10.2. The summed E-state index contributed by atoms with van der Waals surface area (Å²) >= 11 is 4.56. The van der Waals surface area contributed by atoms with Crippen molar-refractivity contribution < 1.29 is 18.7 Å². The normalized spacial score (nSPS) is 14.7. The number of ketones is 1. The van der Waals surface area contributed by atoms with E-state index in [1.54, 1.807) is 19.1 Å². The number of fused-ring (bicyclic) bond motifs is 2. The van der Waals surface area contributed by atoms with Crippen molar-refractivity contribution in [3.63, 3.8) is 0 Å². The van der Waals surface area contributed by atoms with Gasteiger partial charge in [-0.3, -0.25) is 14.2 Å². The van der Waals surface area contributed by atoms with Gasteiger partial charge < -0.3 is 9.15 Å². The number of esters is 1. The van der Waals surface area contributed by atoms with E-state index in [9.17, 15) is 14.4 Å². The molecular weight excluding hydrogens is 508 g/mol. The Kier molecular flexibility index (Phi) is 5.92. The summed E-state index contributed by atoms with van der Waals surface area (Å²) < 4.78 is 13.5. The van der Waals surface area contributed by atoms with Crippen LogP contribution in [0.5, 0.6) is 0 Å². The summed E-state index contributed by atoms with van der Waals surface area (Å²) in [7, 11) is 0. The van der Waals surface area contributed by atoms with Gasteiger partial charge in [0.1, 0.15) is 21.4 Å². The number of Topliss-reactive ketones (excluding diaryl/α,β-unsaturated/α-hetero) is 1. The molecule has 0 saturated heterocycles. The van der Waals surface area contributed by atoms with E-state index >= 15 is 0 Å². The Morgan fingerprint density at radius 1 is 1.24 bits per heavy atom. The Labute approximate surface area is 201 Å². The molecule has 9 heteroatoms. The smallest absolute Gasteiger partial charge is 0.348 e. The summed E-state index contributed by atoms with van der Waals surface area (Å²) in [6.07, 6.45) is 6.32. The third-order valence-corrected chi connectivity index (χ3v) is 7.67. The van der Waals surface area contributed by atoms with Gasteiger partial charge in [-0.05, 0) is 62.4 Å². The Morgan fingerprint density at radius 2 is 2.03 bits per heavy atom. The van der Waals surface area contributed by atoms with Crippen LogP contribution >= 0.6 is 27.3 Å². The third-order valence-electron chi connectivity index (χ3n) is 6.00. The van der Waals surface area contributed by atoms with Crippen LogP contribution in [0.2, 0.25) is 0 Å². The van der Waals surface area contributed by atoms with Crippen molar-refractivity contribution in [3.8, 4) is 0 Å². The molecule has 0 N–H and O–H groups in total. The molecule has 0 amide bonds. The van der Waals surface area contributed by atoms with Crippen molar-refractivity contribution in [3.05, 3.63) is 61.6 Å². The summed E-state index contributed by atoms with van der Waals surface area (Å²) in [6.45, 7) is 1.52. The van der Waals surface area contributed by atoms with Gasteiger partial charge in [-0.1, -0.05) is 22.4 Å². The number of hydrogen-bond acceptors (Lipinski definition) is 7. The molecule has 0 spiro atoms. The van der Waals surface area contributed by atoms with Gasteiger partial charge in [0.25, 0.3) is 5.56 Å². The molecule has 33 heavy (non-hydrogen) atoms. The topological polar surface area (TPSA) is 91.4 Å². The predicted octanol–water partition coefficient (Wildman–Crippen LogP) is 5.65. The largest absolute Gasteiger partial charge is 0.458 e. The number of thiophene rings is 1. The Hall–Kier alpha value is -2.78. The minimum atomic E-state index is -0.405. The average molecular weight is 529 g/mol. The first-order valence-electron chi connectivity index (χ1n) is 10.8. The van der Waals surface area contributed by atoms with E-state index in [-0.39, 0.29) is 29.8 Å². The monoisotopic (exact) mass is 528 g/mol. The number of hydrogen-bond donors (Lipinski definition) is 0. The molecule has 1 aliphatic carbocycles. The van der Waals surface area contributed by atoms with E-state index in [1.807, 2.05) is 12.1 Å². The molecule has 3 heterocycles. The lowest BCUT2D eigenvalue weighted by Crippen LogP contribution is -2.24. The lowest BCUT2D eigenvalue weighted by Gasteiger charge is -2.21. The fourth-order valence-corrected chi connectivity index (χ4v) is 5.64. The second-order valence-electron chi connectivity index (χ2n) is 8.30. The molecule has 0 bridgehead atoms. The molecule has 1 fully saturated rings. The Morgan fingerprint density at radius 3 is 2.82 bits per heavy atom. The summed E-state index contributed by atoms with van der Waals surface area (Å²) in [6, 6.07) is 7.13. The molecule has 0 unspecified atom stereocenters. The van der Waals surface area contributed by atoms with Crippen LogP contribution in [0.1, 0.15) is 57.9 Å². The van der Waals surface area contributed by atoms with Gasteiger partial charge in [-0.2, -0.15) is 0 Å². The first-order valence-corrected chi connectivity index (χ1v) is 12.4. The van der Waals surface area contributed by atoms with Crippen LogP contribution in [0.15, 0.2) is 44.3 Å². The lowest BCUT2D eigenvalue weighted by atomic mass is 9.98. The molecule has 5 rings (SSSR count). The maximum atomic E-state index is 13.1. The lowest BCUT2D eigenvalue weighted by molar-refractivity contribution is 0.0216. The number of aryl methyl sites for hydroxylation is 1. The number of aromatic nitrogens is 2. The maximum absolute atomic E-state index is 13.1. The van der Waals surface area contributed by atoms with E-state index < -0.39 is 5.97 Å². The molecule has 1 saturated carbocycles. The molecule has 0 radical (unpaired) electrons. The first-order chi connectivity index (χ1) is 15.9. The average Bonchev–Trinajstić information content (AvgIpc) is 3.37. The van der Waals surface area contributed by atoms with Crippen molar-refractivity contribution in [1.29, 1.82) is 0 Å². The molecule has 0 atom stereocenters. The summed E-state index contributed by atoms with van der Waals surface area (Å²) in [5.41, 5.74) is 0.777. The van der Waals surface area contributed by atoms with Crippen molar-refractivity contribution in [2.75, 3.05) is 0 Å². The number of carbonyl (C=O) groups is 2. The van der Waals surface area contributed by atoms with Crippen molar-refractivity contribution in [2.45, 2.75) is 51.7 Å². The first kappa shape index (κ1) is 22.0. The zero-order valence-electron chi connectivity index (χ0n) is 17.9. The molecular formula is C24H21BrN2O5S. The molecule has 170 valence electrons. The number of carbonyl (C=O) groups excluding carboxylic acids is 2. The highest BCUT2D eigenvalue weighted by Crippen LogP contribution is 2.30. The van der Waals surface area contributed by atoms with Crippen molar-refractivity contribution in [1.82, 2.24) is 9.55 Å². The van der Waals surface area contributed by atoms with E-state index in [4.69, 9.17) is 9.15 Å². The minimum absolute atomic E-state index is 0.0671. The Bertz CT molecular complexity index is 1440. The van der Waals surface area contributed by atoms with Gasteiger partial charge in [0.15, 0.2) is 5.76 Å². The maximum Gasteiger partial charge on any atom is 0.348 e. The standard InChI is InChI=1S/C24H21BrN2O5S/c1-13-20-22(33-21(13)24(30)31-16-5-3-2-4-6-16)26-12-27(23(20)29)11-17(28)19-10-14-9-15(25)7-8-18(14)32-19/h7-10,12,16H,2-6,11H2,1H3. The van der Waals surface area contributed by atoms with Crippen LogP contribution in [-0.2, 0) is 11.3 Å². The predicted molar refractivity (Wildman–Crippen MR) is 129 cm³/mol. The van der Waals surface area contributed by atoms with E-state index in [1.165, 1.54) is 17.3 Å². The fourth-order valence-electron chi connectivity index (χ4n) is 4.24. The number of nitrogens with zero attached hydrogens (tertiary/aromatic N) is 2. The summed E-state index contributed by atoms with van der Waals surface area (Å²) in [5.74, 6) is -0.567. The summed E-state index contributed by atoms with van der Waals surface area (Å²) in [4.78, 5) is 43.9. The summed E-state index contributed by atoms with van der Waals surface area (Å²) in [5, 5.41) is 1.14. The van der Waals surface area contributed by atoms with Crippen LogP contribution in [0.4, 0.5) is 0 Å². The zero-order chi connectivity index (χ0) is 23.1. The van der Waals surface area contributed by atoms with E-state index in [2.05, 4.69) is 20.9 Å². The van der Waals surface area contributed by atoms with Crippen LogP contribution < -0.4 is 5.56 Å². The third kappa shape index (κ3) is 4.27. The second kappa shape index (κ2) is 8.87. The zero-order valence-corrected chi connectivity index (χ0v) is 20.3. The molecule has 7 nitrogen and oxygen atoms in total. The Balaban J connectivity index is 1.41. The van der Waals surface area contributed by atoms with Crippen LogP contribution in [0.3, 0.4) is 0 Å². The fraction of sp³-hybridized carbons (Fsp3) is 0.333. The van der Waals surface area contributed by atoms with E-state index in [0.717, 1.165) is 46.9 Å². The van der Waals surface area contributed by atoms with Gasteiger partial charge in [0.2, 0.25) is 5.78 Å². The van der Waals surface area contributed by atoms with E-state index in [0.29, 0.717) is 26.2 Å². The van der Waals surface area contributed by atoms with Crippen molar-refractivity contribution >= 4 is 60.2 Å².